The molecule has 31 heavy (non-hydrogen) atoms. The van der Waals surface area contributed by atoms with Crippen molar-refractivity contribution < 1.29 is 9.90 Å². The highest BCUT2D eigenvalue weighted by molar-refractivity contribution is 5.88. The lowest BCUT2D eigenvalue weighted by Gasteiger charge is -2.29. The van der Waals surface area contributed by atoms with Gasteiger partial charge in [-0.2, -0.15) is 0 Å². The lowest BCUT2D eigenvalue weighted by molar-refractivity contribution is -0.122. The van der Waals surface area contributed by atoms with Crippen LogP contribution in [0.15, 0.2) is 60.7 Å². The molecule has 5 nitrogen and oxygen atoms in total. The minimum atomic E-state index is -0.314. The minimum absolute atomic E-state index is 0.00121. The maximum Gasteiger partial charge on any atom is 0.243 e. The van der Waals surface area contributed by atoms with Gasteiger partial charge in [0.15, 0.2) is 0 Å². The third-order valence-electron chi connectivity index (χ3n) is 6.32. The second-order valence-electron chi connectivity index (χ2n) is 8.55. The Labute approximate surface area is 182 Å². The van der Waals surface area contributed by atoms with E-state index in [1.165, 1.54) is 11.1 Å². The number of nitrogens with one attached hydrogen (secondary N) is 3. The first-order valence-corrected chi connectivity index (χ1v) is 10.9. The van der Waals surface area contributed by atoms with Crippen LogP contribution in [0.4, 0.5) is 11.4 Å². The number of benzene rings is 3. The van der Waals surface area contributed by atoms with Gasteiger partial charge in [0, 0.05) is 30.4 Å². The van der Waals surface area contributed by atoms with E-state index in [9.17, 15) is 9.90 Å². The molecule has 2 aliphatic rings. The summed E-state index contributed by atoms with van der Waals surface area (Å²) in [6.07, 6.45) is 2.39. The first kappa shape index (κ1) is 19.5. The predicted molar refractivity (Wildman–Crippen MR) is 124 cm³/mol. The van der Waals surface area contributed by atoms with E-state index in [-0.39, 0.29) is 23.7 Å². The normalized spacial score (nSPS) is 19.0. The molecule has 0 saturated heterocycles. The molecule has 3 aromatic rings. The highest BCUT2D eigenvalue weighted by Gasteiger charge is 2.31. The van der Waals surface area contributed by atoms with Crippen LogP contribution in [0.2, 0.25) is 0 Å². The molecule has 3 aromatic carbocycles. The third-order valence-corrected chi connectivity index (χ3v) is 6.32. The van der Waals surface area contributed by atoms with Gasteiger partial charge < -0.3 is 21.1 Å². The standard InChI is InChI=1S/C26H27N3O2/c1-16-11-19(30)14-24-21(16)15-25(28-24)26(31)29-22-9-10-27-23-13-18(7-8-20(22)23)12-17-5-3-2-4-6-17/h2-8,11,13-14,22,25,27-28,30H,9-10,12,15H2,1H3,(H,29,31). The van der Waals surface area contributed by atoms with Gasteiger partial charge in [0.2, 0.25) is 5.91 Å². The molecule has 2 atom stereocenters. The third kappa shape index (κ3) is 3.96. The summed E-state index contributed by atoms with van der Waals surface area (Å²) in [6, 6.07) is 20.1. The Morgan fingerprint density at radius 1 is 1.06 bits per heavy atom. The first-order chi connectivity index (χ1) is 15.1. The Morgan fingerprint density at radius 3 is 2.74 bits per heavy atom. The van der Waals surface area contributed by atoms with Crippen molar-refractivity contribution in [2.75, 3.05) is 17.2 Å². The summed E-state index contributed by atoms with van der Waals surface area (Å²) in [5.41, 5.74) is 7.76. The quantitative estimate of drug-likeness (QED) is 0.515. The molecule has 0 fully saturated rings. The zero-order chi connectivity index (χ0) is 21.4. The fraction of sp³-hybridized carbons (Fsp3) is 0.269. The summed E-state index contributed by atoms with van der Waals surface area (Å²) < 4.78 is 0. The molecular formula is C26H27N3O2. The van der Waals surface area contributed by atoms with Crippen LogP contribution in [0.3, 0.4) is 0 Å². The van der Waals surface area contributed by atoms with E-state index < -0.39 is 0 Å². The van der Waals surface area contributed by atoms with Crippen LogP contribution >= 0.6 is 0 Å². The Bertz CT molecular complexity index is 1130. The molecule has 2 unspecified atom stereocenters. The van der Waals surface area contributed by atoms with E-state index in [0.29, 0.717) is 6.42 Å². The van der Waals surface area contributed by atoms with Crippen molar-refractivity contribution in [1.29, 1.82) is 0 Å². The van der Waals surface area contributed by atoms with Crippen molar-refractivity contribution in [2.45, 2.75) is 38.3 Å². The fourth-order valence-electron chi connectivity index (χ4n) is 4.73. The molecular weight excluding hydrogens is 386 g/mol. The fourth-order valence-corrected chi connectivity index (χ4v) is 4.73. The number of hydrogen-bond acceptors (Lipinski definition) is 4. The number of carbonyl (C=O) groups is 1. The van der Waals surface area contributed by atoms with Crippen LogP contribution in [0.5, 0.6) is 5.75 Å². The highest BCUT2D eigenvalue weighted by atomic mass is 16.3. The van der Waals surface area contributed by atoms with Crippen molar-refractivity contribution in [3.63, 3.8) is 0 Å². The molecule has 0 spiro atoms. The minimum Gasteiger partial charge on any atom is -0.508 e. The molecule has 4 N–H and O–H groups in total. The monoisotopic (exact) mass is 413 g/mol. The van der Waals surface area contributed by atoms with Gasteiger partial charge in [-0.15, -0.1) is 0 Å². The average Bonchev–Trinajstić information content (AvgIpc) is 3.19. The molecule has 1 amide bonds. The van der Waals surface area contributed by atoms with Crippen molar-refractivity contribution in [3.8, 4) is 5.75 Å². The van der Waals surface area contributed by atoms with Gasteiger partial charge in [0.1, 0.15) is 11.8 Å². The number of aromatic hydroxyl groups is 1. The number of fused-ring (bicyclic) bond motifs is 2. The Morgan fingerprint density at radius 2 is 1.90 bits per heavy atom. The molecule has 0 aromatic heterocycles. The van der Waals surface area contributed by atoms with Gasteiger partial charge in [0.05, 0.1) is 6.04 Å². The molecule has 5 heteroatoms. The van der Waals surface area contributed by atoms with Gasteiger partial charge in [-0.3, -0.25) is 4.79 Å². The number of amides is 1. The molecule has 5 rings (SSSR count). The van der Waals surface area contributed by atoms with Gasteiger partial charge in [-0.25, -0.2) is 0 Å². The lowest BCUT2D eigenvalue weighted by Crippen LogP contribution is -2.42. The summed E-state index contributed by atoms with van der Waals surface area (Å²) in [6.45, 7) is 2.80. The summed E-state index contributed by atoms with van der Waals surface area (Å²) >= 11 is 0. The Hall–Kier alpha value is -3.47. The zero-order valence-electron chi connectivity index (χ0n) is 17.6. The molecule has 0 bridgehead atoms. The molecule has 0 saturated carbocycles. The number of rotatable bonds is 4. The smallest absolute Gasteiger partial charge is 0.243 e. The van der Waals surface area contributed by atoms with E-state index in [4.69, 9.17) is 0 Å². The highest BCUT2D eigenvalue weighted by Crippen LogP contribution is 2.34. The van der Waals surface area contributed by atoms with Gasteiger partial charge in [0.25, 0.3) is 0 Å². The average molecular weight is 414 g/mol. The second-order valence-corrected chi connectivity index (χ2v) is 8.55. The van der Waals surface area contributed by atoms with Crippen LogP contribution < -0.4 is 16.0 Å². The number of carbonyl (C=O) groups excluding carboxylic acids is 1. The summed E-state index contributed by atoms with van der Waals surface area (Å²) in [4.78, 5) is 13.0. The van der Waals surface area contributed by atoms with Crippen molar-refractivity contribution in [2.24, 2.45) is 0 Å². The van der Waals surface area contributed by atoms with Gasteiger partial charge in [-0.05, 0) is 59.7 Å². The van der Waals surface area contributed by atoms with Crippen LogP contribution in [0, 0.1) is 6.92 Å². The van der Waals surface area contributed by atoms with E-state index in [0.717, 1.165) is 47.5 Å². The molecule has 0 aliphatic carbocycles. The van der Waals surface area contributed by atoms with Crippen LogP contribution in [0.1, 0.15) is 40.3 Å². The van der Waals surface area contributed by atoms with Gasteiger partial charge in [-0.1, -0.05) is 42.5 Å². The molecule has 158 valence electrons. The summed E-state index contributed by atoms with van der Waals surface area (Å²) in [7, 11) is 0. The zero-order valence-corrected chi connectivity index (χ0v) is 17.6. The number of anilines is 2. The van der Waals surface area contributed by atoms with E-state index in [1.807, 2.05) is 13.0 Å². The van der Waals surface area contributed by atoms with Gasteiger partial charge >= 0.3 is 0 Å². The van der Waals surface area contributed by atoms with Crippen LogP contribution in [-0.2, 0) is 17.6 Å². The number of aryl methyl sites for hydroxylation is 1. The van der Waals surface area contributed by atoms with E-state index in [1.54, 1.807) is 12.1 Å². The van der Waals surface area contributed by atoms with Crippen molar-refractivity contribution in [3.05, 3.63) is 88.5 Å². The van der Waals surface area contributed by atoms with Crippen molar-refractivity contribution in [1.82, 2.24) is 5.32 Å². The maximum atomic E-state index is 13.0. The lowest BCUT2D eigenvalue weighted by atomic mass is 9.94. The Kier molecular flexibility index (Phi) is 5.02. The van der Waals surface area contributed by atoms with Crippen LogP contribution in [-0.4, -0.2) is 23.6 Å². The second kappa shape index (κ2) is 7.99. The molecule has 2 heterocycles. The van der Waals surface area contributed by atoms with E-state index in [2.05, 4.69) is 58.4 Å². The SMILES string of the molecule is Cc1cc(O)cc2c1CC(C(=O)NC1CCNc3cc(Cc4ccccc4)ccc31)N2. The first-order valence-electron chi connectivity index (χ1n) is 10.9. The number of hydrogen-bond donors (Lipinski definition) is 4. The largest absolute Gasteiger partial charge is 0.508 e. The summed E-state index contributed by atoms with van der Waals surface area (Å²) in [5, 5.41) is 19.9. The maximum absolute atomic E-state index is 13.0. The van der Waals surface area contributed by atoms with Crippen molar-refractivity contribution >= 4 is 17.3 Å². The number of phenolic OH excluding ortho intramolecular Hbond substituents is 1. The molecule has 2 aliphatic heterocycles. The number of phenols is 1. The Balaban J connectivity index is 1.29. The predicted octanol–water partition coefficient (Wildman–Crippen LogP) is 4.30. The van der Waals surface area contributed by atoms with E-state index >= 15 is 0 Å². The summed E-state index contributed by atoms with van der Waals surface area (Å²) in [5.74, 6) is 0.227. The topological polar surface area (TPSA) is 73.4 Å². The molecule has 0 radical (unpaired) electrons. The van der Waals surface area contributed by atoms with Crippen LogP contribution in [0.25, 0.3) is 0 Å².